The van der Waals surface area contributed by atoms with E-state index in [1.54, 1.807) is 0 Å². The molecule has 0 unspecified atom stereocenters. The Hall–Kier alpha value is -9.56. The number of rotatable bonds is 6. The molecule has 0 fully saturated rings. The molecule has 362 valence electrons. The van der Waals surface area contributed by atoms with Crippen LogP contribution in [0.5, 0.6) is 0 Å². The Balaban J connectivity index is 0.820. The van der Waals surface area contributed by atoms with Crippen molar-refractivity contribution in [2.45, 2.75) is 26.2 Å². The van der Waals surface area contributed by atoms with Gasteiger partial charge < -0.3 is 4.42 Å². The number of fused-ring (bicyclic) bond motifs is 9. The molecule has 1 nitrogen and oxygen atoms in total. The number of hydrogen-bond acceptors (Lipinski definition) is 1. The van der Waals surface area contributed by atoms with Crippen molar-refractivity contribution in [3.05, 3.63) is 266 Å². The highest BCUT2D eigenvalue weighted by molar-refractivity contribution is 6.26. The summed E-state index contributed by atoms with van der Waals surface area (Å²) < 4.78 is 7.06. The maximum atomic E-state index is 7.06. The third-order valence-corrected chi connectivity index (χ3v) is 16.4. The van der Waals surface area contributed by atoms with Crippen molar-refractivity contribution >= 4 is 86.6 Å². The van der Waals surface area contributed by atoms with Gasteiger partial charge >= 0.3 is 0 Å². The predicted molar refractivity (Wildman–Crippen MR) is 330 cm³/mol. The number of para-hydroxylation sites is 1. The molecule has 0 saturated heterocycles. The first-order valence-electron chi connectivity index (χ1n) is 26.9. The molecule has 0 aliphatic heterocycles. The summed E-state index contributed by atoms with van der Waals surface area (Å²) in [6.07, 6.45) is 0. The van der Waals surface area contributed by atoms with Gasteiger partial charge in [0.25, 0.3) is 0 Å². The van der Waals surface area contributed by atoms with Crippen LogP contribution in [-0.2, 0) is 5.41 Å². The van der Waals surface area contributed by atoms with Crippen LogP contribution < -0.4 is 0 Å². The average molecular weight is 981 g/mol. The zero-order valence-corrected chi connectivity index (χ0v) is 43.2. The maximum absolute atomic E-state index is 7.06. The Bertz CT molecular complexity index is 4770. The molecule has 1 heteroatoms. The standard InChI is InChI=1S/C76H52O/c1-76(2,3)57-42-41-52-45-56(40-38-53(52)46-57)71-61-23-8-6-21-59(61)70(60-22-7-9-24-62(60)71)49-36-33-48(34-37-49)51-19-14-20-54(43-51)58-29-16-32-69-74(58)68-31-15-30-67(75(68)77-69)73-65-27-12-10-25-63(65)72(64-26-11-13-28-66(64)73)55-39-35-47-17-4-5-18-50(47)44-55/h4-46H,1-3H3. The van der Waals surface area contributed by atoms with E-state index in [0.717, 1.165) is 38.6 Å². The zero-order chi connectivity index (χ0) is 51.4. The summed E-state index contributed by atoms with van der Waals surface area (Å²) in [5, 5.41) is 17.1. The highest BCUT2D eigenvalue weighted by Gasteiger charge is 2.23. The molecule has 0 radical (unpaired) electrons. The van der Waals surface area contributed by atoms with Gasteiger partial charge in [0.05, 0.1) is 0 Å². The van der Waals surface area contributed by atoms with Crippen LogP contribution in [0.4, 0.5) is 0 Å². The summed E-state index contributed by atoms with van der Waals surface area (Å²) in [5.41, 5.74) is 17.6. The second kappa shape index (κ2) is 17.5. The van der Waals surface area contributed by atoms with Crippen LogP contribution in [0, 0.1) is 0 Å². The van der Waals surface area contributed by atoms with Crippen molar-refractivity contribution in [1.29, 1.82) is 0 Å². The summed E-state index contributed by atoms with van der Waals surface area (Å²) >= 11 is 0. The minimum atomic E-state index is 0.0955. The Morgan fingerprint density at radius 2 is 0.675 bits per heavy atom. The smallest absolute Gasteiger partial charge is 0.143 e. The molecule has 0 atom stereocenters. The van der Waals surface area contributed by atoms with Gasteiger partial charge in [0, 0.05) is 21.9 Å². The van der Waals surface area contributed by atoms with Crippen molar-refractivity contribution in [3.63, 3.8) is 0 Å². The largest absolute Gasteiger partial charge is 0.455 e. The second-order valence-corrected chi connectivity index (χ2v) is 21.9. The van der Waals surface area contributed by atoms with Crippen molar-refractivity contribution in [3.8, 4) is 66.8 Å². The van der Waals surface area contributed by atoms with Gasteiger partial charge in [-0.05, 0) is 156 Å². The van der Waals surface area contributed by atoms with Gasteiger partial charge in [-0.25, -0.2) is 0 Å². The van der Waals surface area contributed by atoms with Crippen molar-refractivity contribution in [1.82, 2.24) is 0 Å². The fourth-order valence-corrected chi connectivity index (χ4v) is 12.7. The highest BCUT2D eigenvalue weighted by Crippen LogP contribution is 2.49. The molecule has 1 aromatic heterocycles. The molecule has 14 aromatic carbocycles. The van der Waals surface area contributed by atoms with E-state index in [9.17, 15) is 0 Å². The van der Waals surface area contributed by atoms with E-state index in [4.69, 9.17) is 4.42 Å². The van der Waals surface area contributed by atoms with Crippen LogP contribution >= 0.6 is 0 Å². The SMILES string of the molecule is CC(C)(C)c1ccc2cc(-c3c4ccccc4c(-c4ccc(-c5cccc(-c6cccc7oc8c(-c9c%10ccccc%10c(-c%10ccc%11ccccc%11c%10)c%10ccccc9%10)cccc8c67)c5)cc4)c4ccccc34)ccc2c1. The topological polar surface area (TPSA) is 13.1 Å². The Labute approximate surface area is 447 Å². The van der Waals surface area contributed by atoms with Crippen LogP contribution in [0.15, 0.2) is 265 Å². The number of hydrogen-bond donors (Lipinski definition) is 0. The molecule has 1 heterocycles. The van der Waals surface area contributed by atoms with Gasteiger partial charge in [-0.2, -0.15) is 0 Å². The summed E-state index contributed by atoms with van der Waals surface area (Å²) in [7, 11) is 0. The molecule has 0 saturated carbocycles. The lowest BCUT2D eigenvalue weighted by Crippen LogP contribution is -2.10. The summed E-state index contributed by atoms with van der Waals surface area (Å²) in [4.78, 5) is 0. The molecule has 0 N–H and O–H groups in total. The summed E-state index contributed by atoms with van der Waals surface area (Å²) in [6.45, 7) is 6.84. The zero-order valence-electron chi connectivity index (χ0n) is 43.2. The lowest BCUT2D eigenvalue weighted by molar-refractivity contribution is 0.591. The minimum Gasteiger partial charge on any atom is -0.455 e. The van der Waals surface area contributed by atoms with E-state index < -0.39 is 0 Å². The van der Waals surface area contributed by atoms with Crippen LogP contribution in [0.25, 0.3) is 153 Å². The first-order valence-corrected chi connectivity index (χ1v) is 26.9. The summed E-state index contributed by atoms with van der Waals surface area (Å²) in [5.74, 6) is 0. The van der Waals surface area contributed by atoms with Crippen molar-refractivity contribution < 1.29 is 4.42 Å². The minimum absolute atomic E-state index is 0.0955. The third-order valence-electron chi connectivity index (χ3n) is 16.4. The van der Waals surface area contributed by atoms with Gasteiger partial charge in [0.15, 0.2) is 0 Å². The van der Waals surface area contributed by atoms with Crippen LogP contribution in [0.2, 0.25) is 0 Å². The van der Waals surface area contributed by atoms with Crippen molar-refractivity contribution in [2.75, 3.05) is 0 Å². The number of benzene rings is 14. The lowest BCUT2D eigenvalue weighted by atomic mass is 9.84. The van der Waals surface area contributed by atoms with E-state index in [1.807, 2.05) is 0 Å². The highest BCUT2D eigenvalue weighted by atomic mass is 16.3. The number of furan rings is 1. The Kier molecular flexibility index (Phi) is 10.2. The molecule has 15 rings (SSSR count). The van der Waals surface area contributed by atoms with E-state index in [1.165, 1.54) is 120 Å². The first-order chi connectivity index (χ1) is 37.8. The van der Waals surface area contributed by atoms with Gasteiger partial charge in [-0.1, -0.05) is 257 Å². The molecule has 0 bridgehead atoms. The quantitative estimate of drug-likeness (QED) is 0.151. The molecule has 0 aliphatic carbocycles. The second-order valence-electron chi connectivity index (χ2n) is 21.9. The van der Waals surface area contributed by atoms with Crippen molar-refractivity contribution in [2.24, 2.45) is 0 Å². The van der Waals surface area contributed by atoms with E-state index in [-0.39, 0.29) is 5.41 Å². The Morgan fingerprint density at radius 1 is 0.260 bits per heavy atom. The van der Waals surface area contributed by atoms with Gasteiger partial charge in [-0.3, -0.25) is 0 Å². The third kappa shape index (κ3) is 7.30. The van der Waals surface area contributed by atoms with E-state index in [0.29, 0.717) is 0 Å². The monoisotopic (exact) mass is 980 g/mol. The molecule has 0 spiro atoms. The average Bonchev–Trinajstić information content (AvgIpc) is 3.97. The molecule has 77 heavy (non-hydrogen) atoms. The Morgan fingerprint density at radius 3 is 1.27 bits per heavy atom. The van der Waals surface area contributed by atoms with Crippen LogP contribution in [0.3, 0.4) is 0 Å². The van der Waals surface area contributed by atoms with Gasteiger partial charge in [0.1, 0.15) is 11.2 Å². The summed E-state index contributed by atoms with van der Waals surface area (Å²) in [6, 6.07) is 96.5. The normalized spacial score (nSPS) is 12.1. The van der Waals surface area contributed by atoms with E-state index in [2.05, 4.69) is 282 Å². The fourth-order valence-electron chi connectivity index (χ4n) is 12.7. The molecule has 0 aliphatic rings. The van der Waals surface area contributed by atoms with Gasteiger partial charge in [-0.15, -0.1) is 0 Å². The predicted octanol–water partition coefficient (Wildman–Crippen LogP) is 21.8. The van der Waals surface area contributed by atoms with Crippen LogP contribution in [-0.4, -0.2) is 0 Å². The molecule has 0 amide bonds. The first kappa shape index (κ1) is 44.9. The maximum Gasteiger partial charge on any atom is 0.143 e. The molecule has 15 aromatic rings. The van der Waals surface area contributed by atoms with Gasteiger partial charge in [0.2, 0.25) is 0 Å². The van der Waals surface area contributed by atoms with Crippen LogP contribution in [0.1, 0.15) is 26.3 Å². The molecular weight excluding hydrogens is 929 g/mol. The van der Waals surface area contributed by atoms with E-state index >= 15 is 0 Å². The fraction of sp³-hybridized carbons (Fsp3) is 0.0526. The lowest BCUT2D eigenvalue weighted by Gasteiger charge is -2.20. The molecular formula is C76H52O.